The predicted molar refractivity (Wildman–Crippen MR) is 82.5 cm³/mol. The maximum Gasteiger partial charge on any atom is 0.254 e. The molecule has 2 heterocycles. The fourth-order valence-electron chi connectivity index (χ4n) is 2.82. The van der Waals surface area contributed by atoms with Crippen LogP contribution in [0.3, 0.4) is 0 Å². The summed E-state index contributed by atoms with van der Waals surface area (Å²) in [6.07, 6.45) is 3.70. The fraction of sp³-hybridized carbons (Fsp3) is 0.353. The van der Waals surface area contributed by atoms with Crippen molar-refractivity contribution in [3.8, 4) is 0 Å². The molecule has 2 aromatic rings. The van der Waals surface area contributed by atoms with Gasteiger partial charge in [0.05, 0.1) is 6.26 Å². The summed E-state index contributed by atoms with van der Waals surface area (Å²) in [4.78, 5) is 14.5. The second-order valence-corrected chi connectivity index (χ2v) is 5.53. The largest absolute Gasteiger partial charge is 0.469 e. The molecule has 0 fully saturated rings. The van der Waals surface area contributed by atoms with Crippen molar-refractivity contribution in [2.75, 3.05) is 18.9 Å². The van der Waals surface area contributed by atoms with Crippen LogP contribution in [0.1, 0.15) is 33.7 Å². The van der Waals surface area contributed by atoms with Crippen molar-refractivity contribution in [2.45, 2.75) is 26.3 Å². The molecule has 1 aromatic heterocycles. The highest BCUT2D eigenvalue weighted by Gasteiger charge is 2.20. The Balaban J connectivity index is 1.83. The van der Waals surface area contributed by atoms with Crippen molar-refractivity contribution in [1.82, 2.24) is 4.90 Å². The number of carbonyl (C=O) groups is 1. The monoisotopic (exact) mass is 284 g/mol. The Morgan fingerprint density at radius 1 is 1.38 bits per heavy atom. The average molecular weight is 284 g/mol. The van der Waals surface area contributed by atoms with Crippen molar-refractivity contribution >= 4 is 11.6 Å². The summed E-state index contributed by atoms with van der Waals surface area (Å²) < 4.78 is 5.29. The van der Waals surface area contributed by atoms with Crippen LogP contribution in [-0.2, 0) is 13.0 Å². The summed E-state index contributed by atoms with van der Waals surface area (Å²) in [5.74, 6) is 0.933. The molecule has 1 aliphatic heterocycles. The van der Waals surface area contributed by atoms with Gasteiger partial charge in [-0.15, -0.1) is 0 Å². The number of rotatable bonds is 3. The zero-order chi connectivity index (χ0) is 14.8. The van der Waals surface area contributed by atoms with Gasteiger partial charge in [0.15, 0.2) is 0 Å². The number of hydrogen-bond donors (Lipinski definition) is 1. The quantitative estimate of drug-likeness (QED) is 0.941. The zero-order valence-electron chi connectivity index (χ0n) is 12.5. The Bertz CT molecular complexity index is 661. The van der Waals surface area contributed by atoms with E-state index in [-0.39, 0.29) is 5.91 Å². The highest BCUT2D eigenvalue weighted by molar-refractivity contribution is 5.97. The SMILES string of the molecule is Cc1occc1CN(C)C(=O)c1cccc2c1CCCN2. The Morgan fingerprint density at radius 3 is 3.00 bits per heavy atom. The van der Waals surface area contributed by atoms with E-state index in [1.165, 1.54) is 0 Å². The smallest absolute Gasteiger partial charge is 0.254 e. The Morgan fingerprint density at radius 2 is 2.24 bits per heavy atom. The van der Waals surface area contributed by atoms with E-state index in [0.717, 1.165) is 47.5 Å². The molecule has 0 unspecified atom stereocenters. The zero-order valence-corrected chi connectivity index (χ0v) is 12.5. The summed E-state index contributed by atoms with van der Waals surface area (Å²) in [5.41, 5.74) is 4.10. The van der Waals surface area contributed by atoms with Crippen LogP contribution in [0.15, 0.2) is 34.9 Å². The summed E-state index contributed by atoms with van der Waals surface area (Å²) in [7, 11) is 1.84. The van der Waals surface area contributed by atoms with Crippen molar-refractivity contribution in [3.05, 3.63) is 53.0 Å². The maximum absolute atomic E-state index is 12.7. The van der Waals surface area contributed by atoms with Crippen LogP contribution in [0, 0.1) is 6.92 Å². The molecule has 0 saturated heterocycles. The van der Waals surface area contributed by atoms with E-state index < -0.39 is 0 Å². The van der Waals surface area contributed by atoms with Crippen LogP contribution in [0.2, 0.25) is 0 Å². The number of aryl methyl sites for hydroxylation is 1. The molecule has 0 spiro atoms. The summed E-state index contributed by atoms with van der Waals surface area (Å²) in [5, 5.41) is 3.37. The molecule has 1 N–H and O–H groups in total. The fourth-order valence-corrected chi connectivity index (χ4v) is 2.82. The lowest BCUT2D eigenvalue weighted by molar-refractivity contribution is 0.0783. The van der Waals surface area contributed by atoms with Gasteiger partial charge in [-0.05, 0) is 43.5 Å². The van der Waals surface area contributed by atoms with Gasteiger partial charge in [-0.3, -0.25) is 4.79 Å². The molecule has 0 bridgehead atoms. The number of carbonyl (C=O) groups excluding carboxylic acids is 1. The molecule has 4 heteroatoms. The van der Waals surface area contributed by atoms with Crippen molar-refractivity contribution in [1.29, 1.82) is 0 Å². The number of anilines is 1. The third-order valence-corrected chi connectivity index (χ3v) is 4.05. The summed E-state index contributed by atoms with van der Waals surface area (Å²) in [6.45, 7) is 3.47. The van der Waals surface area contributed by atoms with Crippen molar-refractivity contribution < 1.29 is 9.21 Å². The van der Waals surface area contributed by atoms with Gasteiger partial charge in [-0.25, -0.2) is 0 Å². The summed E-state index contributed by atoms with van der Waals surface area (Å²) >= 11 is 0. The minimum absolute atomic E-state index is 0.0659. The number of nitrogens with one attached hydrogen (secondary N) is 1. The molecule has 110 valence electrons. The van der Waals surface area contributed by atoms with Gasteiger partial charge in [0.1, 0.15) is 5.76 Å². The van der Waals surface area contributed by atoms with Crippen molar-refractivity contribution in [2.24, 2.45) is 0 Å². The van der Waals surface area contributed by atoms with Crippen LogP contribution >= 0.6 is 0 Å². The number of hydrogen-bond acceptors (Lipinski definition) is 3. The lowest BCUT2D eigenvalue weighted by Crippen LogP contribution is -2.28. The molecule has 1 aliphatic rings. The highest BCUT2D eigenvalue weighted by atomic mass is 16.3. The molecular weight excluding hydrogens is 264 g/mol. The highest BCUT2D eigenvalue weighted by Crippen LogP contribution is 2.26. The van der Waals surface area contributed by atoms with Crippen LogP contribution < -0.4 is 5.32 Å². The summed E-state index contributed by atoms with van der Waals surface area (Å²) in [6, 6.07) is 7.83. The second-order valence-electron chi connectivity index (χ2n) is 5.53. The second kappa shape index (κ2) is 5.64. The number of amides is 1. The normalized spacial score (nSPS) is 13.4. The van der Waals surface area contributed by atoms with E-state index in [9.17, 15) is 4.79 Å². The van der Waals surface area contributed by atoms with Gasteiger partial charge < -0.3 is 14.6 Å². The Kier molecular flexibility index (Phi) is 3.69. The standard InChI is InChI=1S/C17H20N2O2/c1-12-13(8-10-21-12)11-19(2)17(20)15-5-3-7-16-14(15)6-4-9-18-16/h3,5,7-8,10,18H,4,6,9,11H2,1-2H3. The number of nitrogens with zero attached hydrogens (tertiary/aromatic N) is 1. The Hall–Kier alpha value is -2.23. The van der Waals surface area contributed by atoms with Gasteiger partial charge in [0, 0.05) is 37.0 Å². The molecule has 4 nitrogen and oxygen atoms in total. The van der Waals surface area contributed by atoms with E-state index >= 15 is 0 Å². The molecule has 0 saturated carbocycles. The van der Waals surface area contributed by atoms with Gasteiger partial charge >= 0.3 is 0 Å². The van der Waals surface area contributed by atoms with E-state index in [1.807, 2.05) is 38.2 Å². The first-order valence-corrected chi connectivity index (χ1v) is 7.31. The number of benzene rings is 1. The van der Waals surface area contributed by atoms with E-state index in [4.69, 9.17) is 4.42 Å². The predicted octanol–water partition coefficient (Wildman–Crippen LogP) is 3.22. The molecule has 3 rings (SSSR count). The first kappa shape index (κ1) is 13.7. The van der Waals surface area contributed by atoms with Crippen LogP contribution in [-0.4, -0.2) is 24.4 Å². The first-order valence-electron chi connectivity index (χ1n) is 7.31. The minimum atomic E-state index is 0.0659. The maximum atomic E-state index is 12.7. The van der Waals surface area contributed by atoms with E-state index in [2.05, 4.69) is 5.32 Å². The molecule has 0 atom stereocenters. The molecule has 1 amide bonds. The minimum Gasteiger partial charge on any atom is -0.469 e. The molecule has 21 heavy (non-hydrogen) atoms. The van der Waals surface area contributed by atoms with Crippen molar-refractivity contribution in [3.63, 3.8) is 0 Å². The van der Waals surface area contributed by atoms with Crippen LogP contribution in [0.5, 0.6) is 0 Å². The third kappa shape index (κ3) is 2.66. The van der Waals surface area contributed by atoms with Gasteiger partial charge in [-0.1, -0.05) is 6.07 Å². The third-order valence-electron chi connectivity index (χ3n) is 4.05. The topological polar surface area (TPSA) is 45.5 Å². The van der Waals surface area contributed by atoms with E-state index in [0.29, 0.717) is 6.54 Å². The first-order chi connectivity index (χ1) is 10.2. The van der Waals surface area contributed by atoms with Crippen LogP contribution in [0.4, 0.5) is 5.69 Å². The number of fused-ring (bicyclic) bond motifs is 1. The Labute approximate surface area is 124 Å². The lowest BCUT2D eigenvalue weighted by atomic mass is 9.97. The van der Waals surface area contributed by atoms with Gasteiger partial charge in [0.2, 0.25) is 0 Å². The molecular formula is C17H20N2O2. The van der Waals surface area contributed by atoms with E-state index in [1.54, 1.807) is 11.2 Å². The molecule has 1 aromatic carbocycles. The lowest BCUT2D eigenvalue weighted by Gasteiger charge is -2.23. The molecule has 0 aliphatic carbocycles. The molecule has 0 radical (unpaired) electrons. The number of furan rings is 1. The van der Waals surface area contributed by atoms with Gasteiger partial charge in [0.25, 0.3) is 5.91 Å². The van der Waals surface area contributed by atoms with Crippen LogP contribution in [0.25, 0.3) is 0 Å². The average Bonchev–Trinajstić information content (AvgIpc) is 2.91. The van der Waals surface area contributed by atoms with Gasteiger partial charge in [-0.2, -0.15) is 0 Å².